The third kappa shape index (κ3) is 4.46. The van der Waals surface area contributed by atoms with Crippen molar-refractivity contribution in [2.45, 2.75) is 19.5 Å². The molecular formula is C14H17N3OS. The van der Waals surface area contributed by atoms with Gasteiger partial charge in [-0.1, -0.05) is 30.3 Å². The van der Waals surface area contributed by atoms with Gasteiger partial charge in [0.2, 0.25) is 5.91 Å². The van der Waals surface area contributed by atoms with E-state index in [4.69, 9.17) is 0 Å². The van der Waals surface area contributed by atoms with E-state index in [0.29, 0.717) is 13.1 Å². The van der Waals surface area contributed by atoms with E-state index >= 15 is 0 Å². The second-order valence-corrected chi connectivity index (χ2v) is 5.16. The van der Waals surface area contributed by atoms with Crippen molar-refractivity contribution in [1.29, 1.82) is 0 Å². The van der Waals surface area contributed by atoms with Crippen molar-refractivity contribution < 1.29 is 4.79 Å². The molecular weight excluding hydrogens is 258 g/mol. The summed E-state index contributed by atoms with van der Waals surface area (Å²) in [4.78, 5) is 15.9. The molecule has 0 aliphatic heterocycles. The zero-order valence-corrected chi connectivity index (χ0v) is 11.6. The van der Waals surface area contributed by atoms with Gasteiger partial charge in [0.05, 0.1) is 12.6 Å². The van der Waals surface area contributed by atoms with E-state index in [1.54, 1.807) is 17.5 Å². The van der Waals surface area contributed by atoms with Crippen LogP contribution in [0.3, 0.4) is 0 Å². The Balaban J connectivity index is 1.70. The van der Waals surface area contributed by atoms with Gasteiger partial charge in [-0.15, -0.1) is 11.3 Å². The summed E-state index contributed by atoms with van der Waals surface area (Å²) in [7, 11) is 0. The molecule has 19 heavy (non-hydrogen) atoms. The predicted octanol–water partition coefficient (Wildman–Crippen LogP) is 2.11. The Kier molecular flexibility index (Phi) is 5.06. The van der Waals surface area contributed by atoms with Crippen molar-refractivity contribution in [2.24, 2.45) is 0 Å². The lowest BCUT2D eigenvalue weighted by Gasteiger charge is -2.11. The molecule has 0 saturated heterocycles. The standard InChI is InChI=1S/C14H17N3OS/c1-11(14-15-7-8-19-14)16-10-13(18)17-9-12-5-3-2-4-6-12/h2-8,11,16H,9-10H2,1H3,(H,17,18). The summed E-state index contributed by atoms with van der Waals surface area (Å²) >= 11 is 1.59. The maximum atomic E-state index is 11.7. The number of hydrogen-bond donors (Lipinski definition) is 2. The van der Waals surface area contributed by atoms with Crippen molar-refractivity contribution in [3.05, 3.63) is 52.5 Å². The lowest BCUT2D eigenvalue weighted by atomic mass is 10.2. The minimum Gasteiger partial charge on any atom is -0.351 e. The number of benzene rings is 1. The number of rotatable bonds is 6. The van der Waals surface area contributed by atoms with Gasteiger partial charge < -0.3 is 5.32 Å². The van der Waals surface area contributed by atoms with E-state index in [2.05, 4.69) is 15.6 Å². The van der Waals surface area contributed by atoms with E-state index in [0.717, 1.165) is 10.6 Å². The number of nitrogens with zero attached hydrogens (tertiary/aromatic N) is 1. The molecule has 0 aliphatic carbocycles. The fourth-order valence-electron chi connectivity index (χ4n) is 1.64. The normalized spacial score (nSPS) is 12.1. The molecule has 0 bridgehead atoms. The first kappa shape index (κ1) is 13.7. The Morgan fingerprint density at radius 1 is 1.37 bits per heavy atom. The Labute approximate surface area is 116 Å². The van der Waals surface area contributed by atoms with Gasteiger partial charge in [0.1, 0.15) is 5.01 Å². The van der Waals surface area contributed by atoms with Crippen LogP contribution in [0.15, 0.2) is 41.9 Å². The van der Waals surface area contributed by atoms with Crippen molar-refractivity contribution in [3.8, 4) is 0 Å². The summed E-state index contributed by atoms with van der Waals surface area (Å²) in [5.41, 5.74) is 1.10. The maximum absolute atomic E-state index is 11.7. The molecule has 2 N–H and O–H groups in total. The molecule has 1 amide bonds. The van der Waals surface area contributed by atoms with Gasteiger partial charge in [-0.2, -0.15) is 0 Å². The molecule has 1 aromatic carbocycles. The van der Waals surface area contributed by atoms with Gasteiger partial charge in [0, 0.05) is 18.1 Å². The fraction of sp³-hybridized carbons (Fsp3) is 0.286. The Morgan fingerprint density at radius 2 is 2.16 bits per heavy atom. The molecule has 1 heterocycles. The smallest absolute Gasteiger partial charge is 0.234 e. The average Bonchev–Trinajstić information content (AvgIpc) is 2.98. The van der Waals surface area contributed by atoms with Crippen molar-refractivity contribution in [2.75, 3.05) is 6.54 Å². The molecule has 2 rings (SSSR count). The van der Waals surface area contributed by atoms with Crippen molar-refractivity contribution >= 4 is 17.2 Å². The molecule has 100 valence electrons. The third-order valence-corrected chi connectivity index (χ3v) is 3.68. The quantitative estimate of drug-likeness (QED) is 0.849. The van der Waals surface area contributed by atoms with Crippen LogP contribution in [0.4, 0.5) is 0 Å². The number of amides is 1. The first-order chi connectivity index (χ1) is 9.25. The van der Waals surface area contributed by atoms with Crippen LogP contribution in [0.2, 0.25) is 0 Å². The number of nitrogens with one attached hydrogen (secondary N) is 2. The number of hydrogen-bond acceptors (Lipinski definition) is 4. The van der Waals surface area contributed by atoms with Crippen LogP contribution < -0.4 is 10.6 Å². The molecule has 0 aliphatic rings. The summed E-state index contributed by atoms with van der Waals surface area (Å²) in [5.74, 6) is -0.00717. The Hall–Kier alpha value is -1.72. The summed E-state index contributed by atoms with van der Waals surface area (Å²) < 4.78 is 0. The highest BCUT2D eigenvalue weighted by atomic mass is 32.1. The first-order valence-corrected chi connectivity index (χ1v) is 7.07. The van der Waals surface area contributed by atoms with Crippen LogP contribution in [0.1, 0.15) is 23.5 Å². The average molecular weight is 275 g/mol. The van der Waals surface area contributed by atoms with E-state index in [9.17, 15) is 4.79 Å². The Morgan fingerprint density at radius 3 is 2.84 bits per heavy atom. The number of carbonyl (C=O) groups excluding carboxylic acids is 1. The largest absolute Gasteiger partial charge is 0.351 e. The Bertz CT molecular complexity index is 499. The fourth-order valence-corrected chi connectivity index (χ4v) is 2.31. The molecule has 1 atom stereocenters. The van der Waals surface area contributed by atoms with Gasteiger partial charge in [-0.05, 0) is 12.5 Å². The lowest BCUT2D eigenvalue weighted by Crippen LogP contribution is -2.34. The summed E-state index contributed by atoms with van der Waals surface area (Å²) in [6.07, 6.45) is 1.77. The molecule has 5 heteroatoms. The van der Waals surface area contributed by atoms with Gasteiger partial charge in [-0.25, -0.2) is 4.98 Å². The molecule has 1 aromatic heterocycles. The van der Waals surface area contributed by atoms with Crippen LogP contribution in [0, 0.1) is 0 Å². The molecule has 0 fully saturated rings. The topological polar surface area (TPSA) is 54.0 Å². The SMILES string of the molecule is CC(NCC(=O)NCc1ccccc1)c1nccs1. The van der Waals surface area contributed by atoms with Gasteiger partial charge in [0.15, 0.2) is 0 Å². The molecule has 0 radical (unpaired) electrons. The number of thiazole rings is 1. The monoisotopic (exact) mass is 275 g/mol. The maximum Gasteiger partial charge on any atom is 0.234 e. The number of aromatic nitrogens is 1. The van der Waals surface area contributed by atoms with Gasteiger partial charge in [-0.3, -0.25) is 10.1 Å². The molecule has 0 saturated carbocycles. The molecule has 0 spiro atoms. The van der Waals surface area contributed by atoms with E-state index in [1.807, 2.05) is 42.6 Å². The number of carbonyl (C=O) groups is 1. The van der Waals surface area contributed by atoms with Crippen LogP contribution in [0.25, 0.3) is 0 Å². The van der Waals surface area contributed by atoms with Crippen molar-refractivity contribution in [1.82, 2.24) is 15.6 Å². The van der Waals surface area contributed by atoms with E-state index < -0.39 is 0 Å². The summed E-state index contributed by atoms with van der Waals surface area (Å²) in [6, 6.07) is 9.97. The van der Waals surface area contributed by atoms with Gasteiger partial charge in [0.25, 0.3) is 0 Å². The summed E-state index contributed by atoms with van der Waals surface area (Å²) in [6.45, 7) is 2.86. The van der Waals surface area contributed by atoms with Crippen LogP contribution in [0.5, 0.6) is 0 Å². The highest BCUT2D eigenvalue weighted by Crippen LogP contribution is 2.13. The molecule has 4 nitrogen and oxygen atoms in total. The highest BCUT2D eigenvalue weighted by Gasteiger charge is 2.09. The third-order valence-electron chi connectivity index (χ3n) is 2.72. The minimum absolute atomic E-state index is 0.00717. The summed E-state index contributed by atoms with van der Waals surface area (Å²) in [5, 5.41) is 8.97. The van der Waals surface area contributed by atoms with E-state index in [1.165, 1.54) is 0 Å². The van der Waals surface area contributed by atoms with Crippen LogP contribution in [-0.4, -0.2) is 17.4 Å². The zero-order chi connectivity index (χ0) is 13.5. The van der Waals surface area contributed by atoms with Crippen LogP contribution >= 0.6 is 11.3 Å². The second kappa shape index (κ2) is 7.01. The molecule has 1 unspecified atom stereocenters. The second-order valence-electron chi connectivity index (χ2n) is 4.24. The first-order valence-electron chi connectivity index (χ1n) is 6.19. The highest BCUT2D eigenvalue weighted by molar-refractivity contribution is 7.09. The van der Waals surface area contributed by atoms with E-state index in [-0.39, 0.29) is 11.9 Å². The zero-order valence-electron chi connectivity index (χ0n) is 10.8. The van der Waals surface area contributed by atoms with Crippen molar-refractivity contribution in [3.63, 3.8) is 0 Å². The molecule has 2 aromatic rings. The van der Waals surface area contributed by atoms with Gasteiger partial charge >= 0.3 is 0 Å². The minimum atomic E-state index is -0.00717. The predicted molar refractivity (Wildman–Crippen MR) is 76.8 cm³/mol. The van der Waals surface area contributed by atoms with Crippen LogP contribution in [-0.2, 0) is 11.3 Å². The lowest BCUT2D eigenvalue weighted by molar-refractivity contribution is -0.120.